The van der Waals surface area contributed by atoms with Gasteiger partial charge < -0.3 is 0 Å². The molecule has 1 aromatic heterocycles. The summed E-state index contributed by atoms with van der Waals surface area (Å²) in [7, 11) is -5.09. The Morgan fingerprint density at radius 2 is 2.25 bits per heavy atom. The number of nitro groups is 1. The van der Waals surface area contributed by atoms with Crippen LogP contribution >= 0.6 is 0 Å². The van der Waals surface area contributed by atoms with Crippen LogP contribution in [0.25, 0.3) is 0 Å². The molecule has 9 heteroatoms. The molecule has 0 saturated heterocycles. The van der Waals surface area contributed by atoms with Crippen molar-refractivity contribution in [2.45, 2.75) is 5.03 Å². The van der Waals surface area contributed by atoms with Gasteiger partial charge in [0.25, 0.3) is 5.03 Å². The van der Waals surface area contributed by atoms with E-state index in [1.54, 1.807) is 5.10 Å². The van der Waals surface area contributed by atoms with E-state index in [0.29, 0.717) is 6.20 Å². The van der Waals surface area contributed by atoms with Crippen molar-refractivity contribution in [3.05, 3.63) is 16.3 Å². The highest BCUT2D eigenvalue weighted by molar-refractivity contribution is 7.86. The largest absolute Gasteiger partial charge is 0.356 e. The average Bonchev–Trinajstić information content (AvgIpc) is 2.30. The summed E-state index contributed by atoms with van der Waals surface area (Å²) in [5.41, 5.74) is -0.905. The number of H-pyrrole nitrogens is 1. The maximum atomic E-state index is 12.2. The fourth-order valence-corrected chi connectivity index (χ4v) is 1.12. The Hall–Kier alpha value is -1.51. The second-order valence-electron chi connectivity index (χ2n) is 1.78. The Morgan fingerprint density at radius 3 is 2.58 bits per heavy atom. The van der Waals surface area contributed by atoms with Crippen LogP contribution in [0.2, 0.25) is 0 Å². The first kappa shape index (κ1) is 8.59. The smallest absolute Gasteiger partial charge is 0.259 e. The molecule has 1 aromatic rings. The number of nitrogens with one attached hydrogen (secondary N) is 1. The highest BCUT2D eigenvalue weighted by Gasteiger charge is 2.27. The molecule has 0 saturated carbocycles. The third kappa shape index (κ3) is 1.39. The van der Waals surface area contributed by atoms with Crippen molar-refractivity contribution in [3.63, 3.8) is 0 Å². The van der Waals surface area contributed by atoms with E-state index in [-0.39, 0.29) is 0 Å². The fraction of sp³-hybridized carbons (Fsp3) is 0. The highest BCUT2D eigenvalue weighted by atomic mass is 32.3. The van der Waals surface area contributed by atoms with Crippen molar-refractivity contribution in [1.82, 2.24) is 10.2 Å². The lowest BCUT2D eigenvalue weighted by Gasteiger charge is -1.87. The van der Waals surface area contributed by atoms with Crippen LogP contribution in [0.1, 0.15) is 0 Å². The first-order valence-electron chi connectivity index (χ1n) is 2.55. The van der Waals surface area contributed by atoms with Gasteiger partial charge in [0.05, 0.1) is 4.92 Å². The van der Waals surface area contributed by atoms with Crippen LogP contribution in [0.15, 0.2) is 11.2 Å². The molecule has 0 radical (unpaired) electrons. The quantitative estimate of drug-likeness (QED) is 0.405. The summed E-state index contributed by atoms with van der Waals surface area (Å²) in [6.07, 6.45) is 0.618. The molecule has 0 amide bonds. The number of nitrogens with zero attached hydrogens (tertiary/aromatic N) is 2. The number of hydrogen-bond acceptors (Lipinski definition) is 5. The first-order valence-corrected chi connectivity index (χ1v) is 3.93. The number of rotatable bonds is 2. The lowest BCUT2D eigenvalue weighted by Crippen LogP contribution is -1.97. The van der Waals surface area contributed by atoms with E-state index < -0.39 is 25.9 Å². The molecule has 0 unspecified atom stereocenters. The lowest BCUT2D eigenvalue weighted by atomic mass is 10.6. The minimum Gasteiger partial charge on any atom is -0.259 e. The lowest BCUT2D eigenvalue weighted by molar-refractivity contribution is -0.387. The normalized spacial score (nSPS) is 11.4. The molecule has 0 bridgehead atoms. The molecular formula is C3H2FN3O4S. The molecular weight excluding hydrogens is 193 g/mol. The standard InChI is InChI=1S/C3H2FN3O4S/c4-12(10,11)3-2(7(8)9)1-5-6-3/h1H,(H,5,6). The van der Waals surface area contributed by atoms with Gasteiger partial charge in [0.1, 0.15) is 6.20 Å². The molecule has 0 aliphatic carbocycles. The van der Waals surface area contributed by atoms with Gasteiger partial charge in [-0.3, -0.25) is 15.2 Å². The summed E-state index contributed by atoms with van der Waals surface area (Å²) in [5.74, 6) is 0. The molecule has 1 rings (SSSR count). The van der Waals surface area contributed by atoms with Crippen molar-refractivity contribution in [3.8, 4) is 0 Å². The molecule has 1 N–H and O–H groups in total. The van der Waals surface area contributed by atoms with Gasteiger partial charge in [0.2, 0.25) is 0 Å². The molecule has 0 aliphatic rings. The predicted molar refractivity (Wildman–Crippen MR) is 33.5 cm³/mol. The van der Waals surface area contributed by atoms with Crippen LogP contribution in [0.4, 0.5) is 9.57 Å². The molecule has 0 atom stereocenters. The number of aromatic amines is 1. The molecule has 66 valence electrons. The van der Waals surface area contributed by atoms with Gasteiger partial charge in [0, 0.05) is 0 Å². The molecule has 0 aromatic carbocycles. The van der Waals surface area contributed by atoms with E-state index in [1.165, 1.54) is 0 Å². The average molecular weight is 195 g/mol. The minimum atomic E-state index is -5.09. The number of hydrogen-bond donors (Lipinski definition) is 1. The maximum Gasteiger partial charge on any atom is 0.356 e. The SMILES string of the molecule is O=[N+]([O-])c1cn[nH]c1S(=O)(=O)F. The third-order valence-corrected chi connectivity index (χ3v) is 1.81. The summed E-state index contributed by atoms with van der Waals surface area (Å²) in [6.45, 7) is 0. The molecule has 7 nitrogen and oxygen atoms in total. The zero-order chi connectivity index (χ0) is 9.35. The van der Waals surface area contributed by atoms with Crippen molar-refractivity contribution in [2.24, 2.45) is 0 Å². The van der Waals surface area contributed by atoms with Gasteiger partial charge in [0.15, 0.2) is 0 Å². The molecule has 0 spiro atoms. The second-order valence-corrected chi connectivity index (χ2v) is 3.06. The summed E-state index contributed by atoms with van der Waals surface area (Å²) < 4.78 is 32.5. The first-order chi connectivity index (χ1) is 5.43. The van der Waals surface area contributed by atoms with Crippen LogP contribution in [0.3, 0.4) is 0 Å². The van der Waals surface area contributed by atoms with Crippen molar-refractivity contribution < 1.29 is 17.2 Å². The van der Waals surface area contributed by atoms with Crippen molar-refractivity contribution >= 4 is 15.9 Å². The van der Waals surface area contributed by atoms with Crippen LogP contribution in [0, 0.1) is 10.1 Å². The third-order valence-electron chi connectivity index (χ3n) is 1.03. The summed E-state index contributed by atoms with van der Waals surface area (Å²) in [6, 6.07) is 0. The molecule has 0 fully saturated rings. The van der Waals surface area contributed by atoms with Crippen molar-refractivity contribution in [1.29, 1.82) is 0 Å². The fourth-order valence-electron chi connectivity index (χ4n) is 0.577. The van der Waals surface area contributed by atoms with Gasteiger partial charge in [-0.15, -0.1) is 0 Å². The van der Waals surface area contributed by atoms with Gasteiger partial charge in [-0.2, -0.15) is 13.5 Å². The van der Waals surface area contributed by atoms with Gasteiger partial charge in [-0.25, -0.2) is 0 Å². The van der Waals surface area contributed by atoms with E-state index in [9.17, 15) is 22.4 Å². The Kier molecular flexibility index (Phi) is 1.80. The van der Waals surface area contributed by atoms with Gasteiger partial charge >= 0.3 is 15.9 Å². The van der Waals surface area contributed by atoms with Crippen LogP contribution in [0.5, 0.6) is 0 Å². The van der Waals surface area contributed by atoms with E-state index >= 15 is 0 Å². The summed E-state index contributed by atoms with van der Waals surface area (Å²) in [4.78, 5) is 9.00. The Morgan fingerprint density at radius 1 is 1.67 bits per heavy atom. The molecule has 12 heavy (non-hydrogen) atoms. The van der Waals surface area contributed by atoms with E-state index in [2.05, 4.69) is 5.10 Å². The van der Waals surface area contributed by atoms with Crippen LogP contribution in [-0.2, 0) is 10.2 Å². The monoisotopic (exact) mass is 195 g/mol. The zero-order valence-corrected chi connectivity index (χ0v) is 6.21. The number of aromatic nitrogens is 2. The summed E-state index contributed by atoms with van der Waals surface area (Å²) in [5, 5.41) is 13.6. The van der Waals surface area contributed by atoms with Crippen molar-refractivity contribution in [2.75, 3.05) is 0 Å². The Balaban J connectivity index is 3.36. The van der Waals surface area contributed by atoms with Crippen LogP contribution < -0.4 is 0 Å². The Labute approximate surface area is 65.6 Å². The maximum absolute atomic E-state index is 12.2. The molecule has 0 aliphatic heterocycles. The van der Waals surface area contributed by atoms with Gasteiger partial charge in [-0.1, -0.05) is 3.89 Å². The predicted octanol–water partition coefficient (Wildman–Crippen LogP) is -0.0239. The minimum absolute atomic E-state index is 0.618. The van der Waals surface area contributed by atoms with E-state index in [1.807, 2.05) is 0 Å². The Bertz CT molecular complexity index is 409. The van der Waals surface area contributed by atoms with E-state index in [4.69, 9.17) is 0 Å². The number of halogens is 1. The van der Waals surface area contributed by atoms with Gasteiger partial charge in [-0.05, 0) is 0 Å². The topological polar surface area (TPSA) is 106 Å². The highest BCUT2D eigenvalue weighted by Crippen LogP contribution is 2.21. The van der Waals surface area contributed by atoms with Crippen LogP contribution in [-0.4, -0.2) is 23.5 Å². The second kappa shape index (κ2) is 2.52. The molecule has 1 heterocycles. The summed E-state index contributed by atoms with van der Waals surface area (Å²) >= 11 is 0. The zero-order valence-electron chi connectivity index (χ0n) is 5.39. The van der Waals surface area contributed by atoms with E-state index in [0.717, 1.165) is 0 Å².